The molecule has 0 bridgehead atoms. The number of methoxy groups -OCH3 is 1. The molecule has 3 heteroatoms. The van der Waals surface area contributed by atoms with Crippen molar-refractivity contribution in [3.05, 3.63) is 0 Å². The summed E-state index contributed by atoms with van der Waals surface area (Å²) in [4.78, 5) is 11.1. The molecule has 0 amide bonds. The molecule has 0 aliphatic heterocycles. The Balaban J connectivity index is 4.51. The van der Waals surface area contributed by atoms with Gasteiger partial charge in [0.25, 0.3) is 0 Å². The summed E-state index contributed by atoms with van der Waals surface area (Å²) < 4.78 is 5.08. The quantitative estimate of drug-likeness (QED) is 0.719. The molecule has 0 saturated carbocycles. The van der Waals surface area contributed by atoms with Crippen molar-refractivity contribution in [3.8, 4) is 0 Å². The van der Waals surface area contributed by atoms with Gasteiger partial charge in [-0.05, 0) is 26.2 Å². The Morgan fingerprint density at radius 2 is 1.92 bits per heavy atom. The lowest BCUT2D eigenvalue weighted by Crippen LogP contribution is -2.36. The lowest BCUT2D eigenvalue weighted by Gasteiger charge is -2.31. The van der Waals surface area contributed by atoms with E-state index in [1.165, 1.54) is 0 Å². The van der Waals surface area contributed by atoms with Gasteiger partial charge in [-0.15, -0.1) is 0 Å². The van der Waals surface area contributed by atoms with Crippen molar-refractivity contribution in [1.82, 2.24) is 0 Å². The largest absolute Gasteiger partial charge is 0.481 e. The molecule has 0 radical (unpaired) electrons. The van der Waals surface area contributed by atoms with Crippen LogP contribution in [0.3, 0.4) is 0 Å². The van der Waals surface area contributed by atoms with E-state index in [9.17, 15) is 4.79 Å². The number of carboxylic acids is 1. The Kier molecular flexibility index (Phi) is 4.40. The van der Waals surface area contributed by atoms with Crippen LogP contribution in [0.2, 0.25) is 0 Å². The Labute approximate surface area is 80.1 Å². The fourth-order valence-corrected chi connectivity index (χ4v) is 1.25. The molecule has 3 nitrogen and oxygen atoms in total. The van der Waals surface area contributed by atoms with Crippen LogP contribution >= 0.6 is 0 Å². The summed E-state index contributed by atoms with van der Waals surface area (Å²) in [5.41, 5.74) is -0.685. The van der Waals surface area contributed by atoms with Crippen LogP contribution in [0.1, 0.15) is 34.1 Å². The van der Waals surface area contributed by atoms with Crippen LogP contribution in [0.25, 0.3) is 0 Å². The third-order valence-corrected chi connectivity index (χ3v) is 2.88. The van der Waals surface area contributed by atoms with E-state index in [0.717, 1.165) is 0 Å². The van der Waals surface area contributed by atoms with Crippen LogP contribution in [0.5, 0.6) is 0 Å². The normalized spacial score (nSPS) is 18.3. The van der Waals surface area contributed by atoms with Gasteiger partial charge >= 0.3 is 5.97 Å². The third kappa shape index (κ3) is 2.99. The van der Waals surface area contributed by atoms with Gasteiger partial charge in [0.05, 0.1) is 11.5 Å². The Morgan fingerprint density at radius 3 is 2.15 bits per heavy atom. The molecular formula is C10H20O3. The molecule has 0 aliphatic carbocycles. The summed E-state index contributed by atoms with van der Waals surface area (Å²) in [6.45, 7) is 7.52. The smallest absolute Gasteiger partial charge is 0.309 e. The average Bonchev–Trinajstić information content (AvgIpc) is 2.03. The van der Waals surface area contributed by atoms with Gasteiger partial charge in [0, 0.05) is 7.11 Å². The molecule has 0 aliphatic rings. The monoisotopic (exact) mass is 188 g/mol. The highest BCUT2D eigenvalue weighted by Crippen LogP contribution is 2.33. The highest BCUT2D eigenvalue weighted by atomic mass is 16.5. The van der Waals surface area contributed by atoms with E-state index in [1.807, 2.05) is 20.8 Å². The lowest BCUT2D eigenvalue weighted by molar-refractivity contribution is -0.153. The second-order valence-corrected chi connectivity index (χ2v) is 4.13. The van der Waals surface area contributed by atoms with Crippen LogP contribution in [-0.4, -0.2) is 24.3 Å². The van der Waals surface area contributed by atoms with Crippen molar-refractivity contribution in [2.75, 3.05) is 7.11 Å². The molecule has 0 fully saturated rings. The second-order valence-electron chi connectivity index (χ2n) is 4.13. The number of ether oxygens (including phenoxy) is 1. The van der Waals surface area contributed by atoms with E-state index >= 15 is 0 Å². The summed E-state index contributed by atoms with van der Waals surface area (Å²) in [5.74, 6) is -0.631. The highest BCUT2D eigenvalue weighted by molar-refractivity contribution is 5.74. The van der Waals surface area contributed by atoms with Crippen LogP contribution in [0, 0.1) is 11.3 Å². The minimum atomic E-state index is -0.744. The molecule has 78 valence electrons. The predicted molar refractivity (Wildman–Crippen MR) is 51.7 cm³/mol. The van der Waals surface area contributed by atoms with Gasteiger partial charge < -0.3 is 9.84 Å². The lowest BCUT2D eigenvalue weighted by atomic mass is 9.75. The standard InChI is InChI=1S/C10H20O3/c1-7(2)10(4,9(11)12)6-8(3)13-5/h7-8H,6H2,1-5H3,(H,11,12). The van der Waals surface area contributed by atoms with Crippen LogP contribution < -0.4 is 0 Å². The number of aliphatic carboxylic acids is 1. The molecule has 0 rings (SSSR count). The first kappa shape index (κ1) is 12.4. The molecule has 1 N–H and O–H groups in total. The highest BCUT2D eigenvalue weighted by Gasteiger charge is 2.37. The minimum Gasteiger partial charge on any atom is -0.481 e. The number of carbonyl (C=O) groups is 1. The van der Waals surface area contributed by atoms with Gasteiger partial charge in [0.15, 0.2) is 0 Å². The number of carboxylic acid groups (broad SMARTS) is 1. The predicted octanol–water partition coefficient (Wildman–Crippen LogP) is 2.16. The van der Waals surface area contributed by atoms with Gasteiger partial charge in [-0.2, -0.15) is 0 Å². The first-order chi connectivity index (χ1) is 5.84. The zero-order valence-electron chi connectivity index (χ0n) is 9.13. The van der Waals surface area contributed by atoms with Gasteiger partial charge in [-0.3, -0.25) is 4.79 Å². The molecule has 13 heavy (non-hydrogen) atoms. The number of hydrogen-bond donors (Lipinski definition) is 1. The fraction of sp³-hybridized carbons (Fsp3) is 0.900. The summed E-state index contributed by atoms with van der Waals surface area (Å²) in [6.07, 6.45) is 0.541. The molecule has 0 aromatic rings. The molecule has 0 aromatic carbocycles. The molecule has 2 atom stereocenters. The van der Waals surface area contributed by atoms with E-state index in [4.69, 9.17) is 9.84 Å². The molecule has 2 unspecified atom stereocenters. The molecule has 0 heterocycles. The van der Waals surface area contributed by atoms with E-state index in [1.54, 1.807) is 14.0 Å². The zero-order valence-corrected chi connectivity index (χ0v) is 9.13. The second kappa shape index (κ2) is 4.61. The van der Waals surface area contributed by atoms with E-state index < -0.39 is 11.4 Å². The summed E-state index contributed by atoms with van der Waals surface area (Å²) >= 11 is 0. The summed E-state index contributed by atoms with van der Waals surface area (Å²) in [6, 6.07) is 0. The van der Waals surface area contributed by atoms with Crippen molar-refractivity contribution in [2.24, 2.45) is 11.3 Å². The van der Waals surface area contributed by atoms with Gasteiger partial charge in [-0.25, -0.2) is 0 Å². The summed E-state index contributed by atoms with van der Waals surface area (Å²) in [5, 5.41) is 9.09. The number of hydrogen-bond acceptors (Lipinski definition) is 2. The molecule has 0 spiro atoms. The first-order valence-electron chi connectivity index (χ1n) is 4.60. The first-order valence-corrected chi connectivity index (χ1v) is 4.60. The Hall–Kier alpha value is -0.570. The van der Waals surface area contributed by atoms with Crippen molar-refractivity contribution < 1.29 is 14.6 Å². The minimum absolute atomic E-state index is 0.0106. The Bertz CT molecular complexity index is 177. The number of rotatable bonds is 5. The fourth-order valence-electron chi connectivity index (χ4n) is 1.25. The molecule has 0 saturated heterocycles. The molecule has 0 aromatic heterocycles. The SMILES string of the molecule is COC(C)CC(C)(C(=O)O)C(C)C. The van der Waals surface area contributed by atoms with Crippen LogP contribution in [0.4, 0.5) is 0 Å². The van der Waals surface area contributed by atoms with Crippen molar-refractivity contribution >= 4 is 5.97 Å². The average molecular weight is 188 g/mol. The van der Waals surface area contributed by atoms with Gasteiger partial charge in [0.2, 0.25) is 0 Å². The van der Waals surface area contributed by atoms with Crippen molar-refractivity contribution in [2.45, 2.75) is 40.2 Å². The maximum absolute atomic E-state index is 11.1. The molecular weight excluding hydrogens is 168 g/mol. The van der Waals surface area contributed by atoms with Crippen molar-refractivity contribution in [3.63, 3.8) is 0 Å². The maximum atomic E-state index is 11.1. The van der Waals surface area contributed by atoms with E-state index in [0.29, 0.717) is 6.42 Å². The van der Waals surface area contributed by atoms with Crippen molar-refractivity contribution in [1.29, 1.82) is 0 Å². The summed E-state index contributed by atoms with van der Waals surface area (Å²) in [7, 11) is 1.60. The van der Waals surface area contributed by atoms with Gasteiger partial charge in [0.1, 0.15) is 0 Å². The topological polar surface area (TPSA) is 46.5 Å². The van der Waals surface area contributed by atoms with E-state index in [-0.39, 0.29) is 12.0 Å². The third-order valence-electron chi connectivity index (χ3n) is 2.88. The van der Waals surface area contributed by atoms with Crippen LogP contribution in [-0.2, 0) is 9.53 Å². The maximum Gasteiger partial charge on any atom is 0.309 e. The van der Waals surface area contributed by atoms with Gasteiger partial charge in [-0.1, -0.05) is 13.8 Å². The van der Waals surface area contributed by atoms with Crippen LogP contribution in [0.15, 0.2) is 0 Å². The Morgan fingerprint density at radius 1 is 1.46 bits per heavy atom. The van der Waals surface area contributed by atoms with E-state index in [2.05, 4.69) is 0 Å². The zero-order chi connectivity index (χ0) is 10.6.